The van der Waals surface area contributed by atoms with E-state index in [1.54, 1.807) is 19.1 Å². The van der Waals surface area contributed by atoms with Gasteiger partial charge in [0.1, 0.15) is 18.1 Å². The van der Waals surface area contributed by atoms with E-state index in [0.29, 0.717) is 19.6 Å². The van der Waals surface area contributed by atoms with E-state index in [-0.39, 0.29) is 5.91 Å². The average Bonchev–Trinajstić information content (AvgIpc) is 2.56. The number of carbonyl (C=O) groups excluding carboxylic acids is 1. The number of amides is 1. The molecule has 0 saturated heterocycles. The van der Waals surface area contributed by atoms with Gasteiger partial charge >= 0.3 is 0 Å². The molecule has 0 aliphatic heterocycles. The van der Waals surface area contributed by atoms with E-state index in [9.17, 15) is 4.79 Å². The molecule has 2 rings (SSSR count). The maximum atomic E-state index is 12.2. The molecule has 5 heteroatoms. The molecule has 0 aliphatic rings. The lowest BCUT2D eigenvalue weighted by Crippen LogP contribution is -2.32. The molecule has 23 heavy (non-hydrogen) atoms. The Labute approximate surface area is 145 Å². The minimum Gasteiger partial charge on any atom is -0.497 e. The van der Waals surface area contributed by atoms with E-state index in [1.807, 2.05) is 48.5 Å². The van der Waals surface area contributed by atoms with Gasteiger partial charge in [-0.1, -0.05) is 28.1 Å². The summed E-state index contributed by atoms with van der Waals surface area (Å²) in [6, 6.07) is 15.2. The lowest BCUT2D eigenvalue weighted by Gasteiger charge is -2.17. The summed E-state index contributed by atoms with van der Waals surface area (Å²) in [5.74, 6) is 1.61. The van der Waals surface area contributed by atoms with Gasteiger partial charge in [-0.25, -0.2) is 0 Å². The predicted octanol–water partition coefficient (Wildman–Crippen LogP) is 3.54. The minimum absolute atomic E-state index is 0.0534. The van der Waals surface area contributed by atoms with Gasteiger partial charge in [0.15, 0.2) is 0 Å². The third kappa shape index (κ3) is 5.60. The van der Waals surface area contributed by atoms with Crippen molar-refractivity contribution >= 4 is 21.8 Å². The van der Waals surface area contributed by atoms with Crippen LogP contribution in [0.5, 0.6) is 11.5 Å². The zero-order valence-electron chi connectivity index (χ0n) is 13.3. The molecule has 0 radical (unpaired) electrons. The number of carbonyl (C=O) groups is 1. The van der Waals surface area contributed by atoms with Crippen LogP contribution in [0.1, 0.15) is 5.56 Å². The van der Waals surface area contributed by atoms with Crippen LogP contribution in [0.15, 0.2) is 53.0 Å². The first-order chi connectivity index (χ1) is 11.1. The van der Waals surface area contributed by atoms with E-state index < -0.39 is 0 Å². The van der Waals surface area contributed by atoms with Crippen LogP contribution >= 0.6 is 15.9 Å². The van der Waals surface area contributed by atoms with Gasteiger partial charge in [0, 0.05) is 11.5 Å². The summed E-state index contributed by atoms with van der Waals surface area (Å²) in [4.78, 5) is 13.9. The van der Waals surface area contributed by atoms with Crippen molar-refractivity contribution in [1.29, 1.82) is 0 Å². The highest BCUT2D eigenvalue weighted by atomic mass is 79.9. The number of likely N-dealkylation sites (N-methyl/N-ethyl adjacent to an activating group) is 1. The van der Waals surface area contributed by atoms with Crippen molar-refractivity contribution in [1.82, 2.24) is 4.90 Å². The van der Waals surface area contributed by atoms with Gasteiger partial charge in [0.05, 0.1) is 20.1 Å². The maximum absolute atomic E-state index is 12.2. The molecule has 4 nitrogen and oxygen atoms in total. The number of hydrogen-bond acceptors (Lipinski definition) is 3. The molecule has 0 saturated carbocycles. The van der Waals surface area contributed by atoms with Gasteiger partial charge in [0.25, 0.3) is 0 Å². The zero-order valence-corrected chi connectivity index (χ0v) is 14.9. The Morgan fingerprint density at radius 3 is 2.57 bits per heavy atom. The smallest absolute Gasteiger partial charge is 0.226 e. The Morgan fingerprint density at radius 1 is 1.13 bits per heavy atom. The molecule has 2 aromatic rings. The minimum atomic E-state index is 0.0534. The number of rotatable bonds is 7. The van der Waals surface area contributed by atoms with Gasteiger partial charge in [-0.2, -0.15) is 0 Å². The van der Waals surface area contributed by atoms with Crippen LogP contribution in [0.25, 0.3) is 0 Å². The van der Waals surface area contributed by atoms with Crippen molar-refractivity contribution in [3.63, 3.8) is 0 Å². The first-order valence-corrected chi connectivity index (χ1v) is 8.13. The summed E-state index contributed by atoms with van der Waals surface area (Å²) in [5, 5.41) is 0. The first kappa shape index (κ1) is 17.3. The summed E-state index contributed by atoms with van der Waals surface area (Å²) in [6.45, 7) is 1.00. The molecule has 0 heterocycles. The molecular formula is C18H20BrNO3. The van der Waals surface area contributed by atoms with E-state index in [2.05, 4.69) is 15.9 Å². The third-order valence-corrected chi connectivity index (χ3v) is 3.95. The molecule has 0 aromatic heterocycles. The van der Waals surface area contributed by atoms with Crippen LogP contribution < -0.4 is 9.47 Å². The fourth-order valence-electron chi connectivity index (χ4n) is 2.05. The van der Waals surface area contributed by atoms with Gasteiger partial charge in [0.2, 0.25) is 5.91 Å². The second kappa shape index (κ2) is 8.58. The summed E-state index contributed by atoms with van der Waals surface area (Å²) in [6.07, 6.45) is 0.353. The molecule has 0 aliphatic carbocycles. The molecule has 0 N–H and O–H groups in total. The van der Waals surface area contributed by atoms with Gasteiger partial charge in [-0.3, -0.25) is 4.79 Å². The monoisotopic (exact) mass is 377 g/mol. The number of ether oxygens (including phenoxy) is 2. The molecule has 2 aromatic carbocycles. The molecule has 0 bridgehead atoms. The fourth-order valence-corrected chi connectivity index (χ4v) is 2.31. The quantitative estimate of drug-likeness (QED) is 0.740. The fraction of sp³-hybridized carbons (Fsp3) is 0.278. The Kier molecular flexibility index (Phi) is 6.47. The van der Waals surface area contributed by atoms with Crippen LogP contribution in [0.3, 0.4) is 0 Å². The second-order valence-corrected chi connectivity index (χ2v) is 6.06. The van der Waals surface area contributed by atoms with Crippen LogP contribution in [-0.2, 0) is 11.2 Å². The van der Waals surface area contributed by atoms with E-state index >= 15 is 0 Å². The van der Waals surface area contributed by atoms with Gasteiger partial charge in [-0.05, 0) is 42.0 Å². The Bertz CT molecular complexity index is 643. The highest BCUT2D eigenvalue weighted by molar-refractivity contribution is 9.10. The van der Waals surface area contributed by atoms with E-state index in [1.165, 1.54) is 0 Å². The van der Waals surface area contributed by atoms with Gasteiger partial charge < -0.3 is 14.4 Å². The topological polar surface area (TPSA) is 38.8 Å². The Hall–Kier alpha value is -2.01. The number of methoxy groups -OCH3 is 1. The molecule has 0 spiro atoms. The SMILES string of the molecule is COc1cccc(CC(=O)N(C)CCOc2ccc(Br)cc2)c1. The third-order valence-electron chi connectivity index (χ3n) is 3.42. The number of halogens is 1. The Balaban J connectivity index is 1.79. The molecule has 1 amide bonds. The van der Waals surface area contributed by atoms with Crippen molar-refractivity contribution in [2.45, 2.75) is 6.42 Å². The lowest BCUT2D eigenvalue weighted by molar-refractivity contribution is -0.129. The summed E-state index contributed by atoms with van der Waals surface area (Å²) >= 11 is 3.38. The van der Waals surface area contributed by atoms with Gasteiger partial charge in [-0.15, -0.1) is 0 Å². The summed E-state index contributed by atoms with van der Waals surface area (Å²) < 4.78 is 11.8. The zero-order chi connectivity index (χ0) is 16.7. The van der Waals surface area contributed by atoms with Crippen LogP contribution in [0.2, 0.25) is 0 Å². The Morgan fingerprint density at radius 2 is 1.87 bits per heavy atom. The molecule has 0 fully saturated rings. The normalized spacial score (nSPS) is 10.2. The standard InChI is InChI=1S/C18H20BrNO3/c1-20(10-11-23-16-8-6-15(19)7-9-16)18(21)13-14-4-3-5-17(12-14)22-2/h3-9,12H,10-11,13H2,1-2H3. The van der Waals surface area contributed by atoms with Crippen molar-refractivity contribution < 1.29 is 14.3 Å². The largest absolute Gasteiger partial charge is 0.497 e. The lowest BCUT2D eigenvalue weighted by atomic mass is 10.1. The molecule has 0 atom stereocenters. The van der Waals surface area contributed by atoms with Crippen LogP contribution in [-0.4, -0.2) is 38.1 Å². The van der Waals surface area contributed by atoms with Crippen LogP contribution in [0.4, 0.5) is 0 Å². The highest BCUT2D eigenvalue weighted by Crippen LogP contribution is 2.16. The number of nitrogens with zero attached hydrogens (tertiary/aromatic N) is 1. The number of benzene rings is 2. The first-order valence-electron chi connectivity index (χ1n) is 7.34. The van der Waals surface area contributed by atoms with Crippen molar-refractivity contribution in [2.75, 3.05) is 27.3 Å². The van der Waals surface area contributed by atoms with Crippen molar-refractivity contribution in [3.8, 4) is 11.5 Å². The summed E-state index contributed by atoms with van der Waals surface area (Å²) in [7, 11) is 3.40. The number of hydrogen-bond donors (Lipinski definition) is 0. The summed E-state index contributed by atoms with van der Waals surface area (Å²) in [5.41, 5.74) is 0.940. The van der Waals surface area contributed by atoms with Crippen molar-refractivity contribution in [3.05, 3.63) is 58.6 Å². The van der Waals surface area contributed by atoms with Crippen LogP contribution in [0, 0.1) is 0 Å². The average molecular weight is 378 g/mol. The maximum Gasteiger partial charge on any atom is 0.226 e. The highest BCUT2D eigenvalue weighted by Gasteiger charge is 2.10. The molecular weight excluding hydrogens is 358 g/mol. The molecule has 122 valence electrons. The predicted molar refractivity (Wildman–Crippen MR) is 94.0 cm³/mol. The molecule has 0 unspecified atom stereocenters. The van der Waals surface area contributed by atoms with E-state index in [4.69, 9.17) is 9.47 Å². The second-order valence-electron chi connectivity index (χ2n) is 5.15. The van der Waals surface area contributed by atoms with E-state index in [0.717, 1.165) is 21.5 Å². The van der Waals surface area contributed by atoms with Crippen molar-refractivity contribution in [2.24, 2.45) is 0 Å².